The summed E-state index contributed by atoms with van der Waals surface area (Å²) in [7, 11) is 1.89. The van der Waals surface area contributed by atoms with Crippen molar-refractivity contribution in [3.05, 3.63) is 0 Å². The zero-order valence-corrected chi connectivity index (χ0v) is 9.40. The molecule has 0 heterocycles. The van der Waals surface area contributed by atoms with Gasteiger partial charge in [0.25, 0.3) is 0 Å². The number of carbonyl (C=O) groups is 2. The molecule has 1 amide bonds. The molecular weight excluding hydrogens is 206 g/mol. The zero-order chi connectivity index (χ0) is 12.0. The molecule has 88 valence electrons. The predicted octanol–water partition coefficient (Wildman–Crippen LogP) is -0.0281. The topological polar surface area (TPSA) is 82.0 Å². The zero-order valence-electron chi connectivity index (χ0n) is 9.40. The monoisotopic (exact) mass is 223 g/mol. The molecule has 0 aromatic carbocycles. The van der Waals surface area contributed by atoms with Crippen LogP contribution in [0.3, 0.4) is 0 Å². The van der Waals surface area contributed by atoms with Crippen LogP contribution in [0.5, 0.6) is 0 Å². The fourth-order valence-corrected chi connectivity index (χ4v) is 1.94. The Labute approximate surface area is 95.2 Å². The van der Waals surface area contributed by atoms with Gasteiger partial charge in [0.1, 0.15) is 12.3 Å². The molecule has 5 heteroatoms. The van der Waals surface area contributed by atoms with E-state index in [1.54, 1.807) is 0 Å². The minimum atomic E-state index is -0.569. The molecule has 1 saturated carbocycles. The molecular formula is C11H17N3O2. The predicted molar refractivity (Wildman–Crippen MR) is 58.4 cm³/mol. The number of nitriles is 1. The Morgan fingerprint density at radius 2 is 2.19 bits per heavy atom. The molecule has 5 nitrogen and oxygen atoms in total. The summed E-state index contributed by atoms with van der Waals surface area (Å²) in [5, 5.41) is 14.4. The number of nitrogens with zero attached hydrogens (tertiary/aromatic N) is 1. The van der Waals surface area contributed by atoms with Gasteiger partial charge in [0, 0.05) is 11.5 Å². The lowest BCUT2D eigenvalue weighted by molar-refractivity contribution is -0.113. The van der Waals surface area contributed by atoms with Gasteiger partial charge in [0.15, 0.2) is 0 Å². The van der Waals surface area contributed by atoms with Crippen molar-refractivity contribution in [1.29, 1.82) is 5.26 Å². The standard InChI is InChI=1S/C11H17N3O2/c1-13-11(2-3-11)5-9(7-15)4-10(6-12)14-8-16/h7-10,13H,2-5H2,1H3,(H,14,16). The first-order valence-corrected chi connectivity index (χ1v) is 5.43. The number of hydrogen-bond donors (Lipinski definition) is 2. The fraction of sp³-hybridized carbons (Fsp3) is 0.727. The van der Waals surface area contributed by atoms with E-state index >= 15 is 0 Å². The summed E-state index contributed by atoms with van der Waals surface area (Å²) in [6, 6.07) is 1.40. The van der Waals surface area contributed by atoms with Gasteiger partial charge in [-0.1, -0.05) is 0 Å². The van der Waals surface area contributed by atoms with Gasteiger partial charge in [-0.15, -0.1) is 0 Å². The van der Waals surface area contributed by atoms with Gasteiger partial charge < -0.3 is 15.4 Å². The van der Waals surface area contributed by atoms with Crippen LogP contribution < -0.4 is 10.6 Å². The van der Waals surface area contributed by atoms with Crippen molar-refractivity contribution in [2.24, 2.45) is 5.92 Å². The van der Waals surface area contributed by atoms with Crippen LogP contribution in [-0.2, 0) is 9.59 Å². The van der Waals surface area contributed by atoms with E-state index in [2.05, 4.69) is 10.6 Å². The molecule has 0 saturated heterocycles. The smallest absolute Gasteiger partial charge is 0.208 e. The molecule has 0 radical (unpaired) electrons. The van der Waals surface area contributed by atoms with Crippen LogP contribution in [0, 0.1) is 17.2 Å². The molecule has 16 heavy (non-hydrogen) atoms. The van der Waals surface area contributed by atoms with E-state index in [4.69, 9.17) is 5.26 Å². The largest absolute Gasteiger partial charge is 0.343 e. The highest BCUT2D eigenvalue weighted by Crippen LogP contribution is 2.40. The van der Waals surface area contributed by atoms with E-state index in [1.165, 1.54) is 0 Å². The van der Waals surface area contributed by atoms with Crippen molar-refractivity contribution in [2.75, 3.05) is 7.05 Å². The Morgan fingerprint density at radius 1 is 1.50 bits per heavy atom. The van der Waals surface area contributed by atoms with Gasteiger partial charge in [-0.2, -0.15) is 5.26 Å². The van der Waals surface area contributed by atoms with Crippen LogP contribution in [0.25, 0.3) is 0 Å². The molecule has 1 fully saturated rings. The molecule has 1 rings (SSSR count). The minimum absolute atomic E-state index is 0.0900. The lowest BCUT2D eigenvalue weighted by atomic mass is 9.93. The summed E-state index contributed by atoms with van der Waals surface area (Å²) in [5.41, 5.74) is 0.0900. The summed E-state index contributed by atoms with van der Waals surface area (Å²) in [6.45, 7) is 0. The molecule has 2 atom stereocenters. The molecule has 2 N–H and O–H groups in total. The van der Waals surface area contributed by atoms with Gasteiger partial charge in [-0.05, 0) is 32.7 Å². The van der Waals surface area contributed by atoms with Crippen LogP contribution >= 0.6 is 0 Å². The molecule has 0 aromatic rings. The van der Waals surface area contributed by atoms with Gasteiger partial charge in [-0.3, -0.25) is 4.79 Å². The normalized spacial score (nSPS) is 20.2. The van der Waals surface area contributed by atoms with E-state index < -0.39 is 6.04 Å². The second-order valence-corrected chi connectivity index (χ2v) is 4.33. The van der Waals surface area contributed by atoms with Crippen molar-refractivity contribution in [1.82, 2.24) is 10.6 Å². The average Bonchev–Trinajstić information content (AvgIpc) is 3.08. The van der Waals surface area contributed by atoms with E-state index in [0.717, 1.165) is 25.5 Å². The number of aldehydes is 1. The Balaban J connectivity index is 2.45. The second kappa shape index (κ2) is 5.61. The average molecular weight is 223 g/mol. The molecule has 1 aliphatic carbocycles. The third-order valence-corrected chi connectivity index (χ3v) is 3.19. The van der Waals surface area contributed by atoms with Crippen LogP contribution in [0.4, 0.5) is 0 Å². The Morgan fingerprint density at radius 3 is 2.56 bits per heavy atom. The van der Waals surface area contributed by atoms with E-state index in [-0.39, 0.29) is 11.5 Å². The van der Waals surface area contributed by atoms with Crippen LogP contribution in [0.2, 0.25) is 0 Å². The number of hydrogen-bond acceptors (Lipinski definition) is 4. The molecule has 1 aliphatic rings. The molecule has 0 aliphatic heterocycles. The van der Waals surface area contributed by atoms with E-state index in [9.17, 15) is 9.59 Å². The van der Waals surface area contributed by atoms with Crippen LogP contribution in [-0.4, -0.2) is 31.3 Å². The van der Waals surface area contributed by atoms with Gasteiger partial charge in [0.2, 0.25) is 6.41 Å². The van der Waals surface area contributed by atoms with E-state index in [0.29, 0.717) is 12.8 Å². The van der Waals surface area contributed by atoms with Gasteiger partial charge in [0.05, 0.1) is 6.07 Å². The highest BCUT2D eigenvalue weighted by atomic mass is 16.1. The number of rotatable bonds is 8. The van der Waals surface area contributed by atoms with Gasteiger partial charge in [-0.25, -0.2) is 0 Å². The number of nitrogens with one attached hydrogen (secondary N) is 2. The summed E-state index contributed by atoms with van der Waals surface area (Å²) >= 11 is 0. The lowest BCUT2D eigenvalue weighted by Gasteiger charge is -2.20. The Bertz CT molecular complexity index is 294. The third-order valence-electron chi connectivity index (χ3n) is 3.19. The summed E-state index contributed by atoms with van der Waals surface area (Å²) < 4.78 is 0. The highest BCUT2D eigenvalue weighted by molar-refractivity contribution is 5.55. The van der Waals surface area contributed by atoms with Crippen molar-refractivity contribution in [2.45, 2.75) is 37.3 Å². The number of amides is 1. The van der Waals surface area contributed by atoms with Crippen LogP contribution in [0.15, 0.2) is 0 Å². The first kappa shape index (κ1) is 12.7. The Hall–Kier alpha value is -1.41. The second-order valence-electron chi connectivity index (χ2n) is 4.33. The van der Waals surface area contributed by atoms with Crippen molar-refractivity contribution in [3.63, 3.8) is 0 Å². The minimum Gasteiger partial charge on any atom is -0.343 e. The van der Waals surface area contributed by atoms with Crippen molar-refractivity contribution < 1.29 is 9.59 Å². The fourth-order valence-electron chi connectivity index (χ4n) is 1.94. The van der Waals surface area contributed by atoms with Crippen molar-refractivity contribution >= 4 is 12.7 Å². The first-order chi connectivity index (χ1) is 7.69. The SMILES string of the molecule is CNC1(CC(C=O)CC(C#N)NC=O)CC1. The maximum Gasteiger partial charge on any atom is 0.208 e. The summed E-state index contributed by atoms with van der Waals surface area (Å²) in [6.07, 6.45) is 4.67. The lowest BCUT2D eigenvalue weighted by Crippen LogP contribution is -2.34. The molecule has 0 aromatic heterocycles. The van der Waals surface area contributed by atoms with Crippen molar-refractivity contribution in [3.8, 4) is 6.07 Å². The maximum absolute atomic E-state index is 10.9. The highest BCUT2D eigenvalue weighted by Gasteiger charge is 2.42. The molecule has 2 unspecified atom stereocenters. The van der Waals surface area contributed by atoms with Gasteiger partial charge >= 0.3 is 0 Å². The quantitative estimate of drug-likeness (QED) is 0.566. The van der Waals surface area contributed by atoms with E-state index in [1.807, 2.05) is 13.1 Å². The molecule has 0 spiro atoms. The summed E-state index contributed by atoms with van der Waals surface area (Å²) in [5.74, 6) is -0.174. The number of carbonyl (C=O) groups excluding carboxylic acids is 2. The molecule has 0 bridgehead atoms. The third kappa shape index (κ3) is 3.31. The Kier molecular flexibility index (Phi) is 4.44. The van der Waals surface area contributed by atoms with Crippen LogP contribution in [0.1, 0.15) is 25.7 Å². The maximum atomic E-state index is 10.9. The first-order valence-electron chi connectivity index (χ1n) is 5.43. The summed E-state index contributed by atoms with van der Waals surface area (Å²) in [4.78, 5) is 21.2.